The summed E-state index contributed by atoms with van der Waals surface area (Å²) in [5, 5.41) is 8.74. The Morgan fingerprint density at radius 3 is 2.88 bits per heavy atom. The van der Waals surface area contributed by atoms with Gasteiger partial charge in [-0.15, -0.1) is 5.10 Å². The molecule has 0 atom stereocenters. The van der Waals surface area contributed by atoms with Gasteiger partial charge in [0.05, 0.1) is 0 Å². The van der Waals surface area contributed by atoms with Crippen LogP contribution >= 0.6 is 15.9 Å². The first kappa shape index (κ1) is 11.6. The number of aromatic amines is 1. The van der Waals surface area contributed by atoms with Crippen molar-refractivity contribution in [2.24, 2.45) is 0 Å². The number of benzene rings is 1. The second-order valence-electron chi connectivity index (χ2n) is 3.32. The molecule has 0 aliphatic carbocycles. The molecule has 0 spiro atoms. The van der Waals surface area contributed by atoms with E-state index in [0.717, 1.165) is 10.0 Å². The van der Waals surface area contributed by atoms with Crippen LogP contribution in [-0.2, 0) is 6.54 Å². The van der Waals surface area contributed by atoms with E-state index in [0.29, 0.717) is 6.54 Å². The number of rotatable bonds is 3. The maximum absolute atomic E-state index is 11.6. The zero-order chi connectivity index (χ0) is 12.3. The second kappa shape index (κ2) is 4.96. The number of nitrogens with one attached hydrogen (secondary N) is 2. The Morgan fingerprint density at radius 2 is 2.24 bits per heavy atom. The fourth-order valence-electron chi connectivity index (χ4n) is 1.28. The predicted molar refractivity (Wildman–Crippen MR) is 66.1 cm³/mol. The third-order valence-electron chi connectivity index (χ3n) is 2.12. The number of anilines is 1. The van der Waals surface area contributed by atoms with Gasteiger partial charge in [0.1, 0.15) is 0 Å². The number of carbonyl (C=O) groups excluding carboxylic acids is 1. The molecular formula is C10H10BrN5O. The van der Waals surface area contributed by atoms with Crippen LogP contribution in [0.25, 0.3) is 0 Å². The van der Waals surface area contributed by atoms with Crippen molar-refractivity contribution < 1.29 is 4.79 Å². The lowest BCUT2D eigenvalue weighted by Crippen LogP contribution is -2.24. The summed E-state index contributed by atoms with van der Waals surface area (Å²) in [5.41, 5.74) is 6.29. The number of carbonyl (C=O) groups is 1. The topological polar surface area (TPSA) is 96.7 Å². The molecule has 1 heterocycles. The number of nitrogens with zero attached hydrogens (tertiary/aromatic N) is 2. The minimum atomic E-state index is -0.343. The molecule has 2 aromatic rings. The van der Waals surface area contributed by atoms with Crippen LogP contribution in [0.5, 0.6) is 0 Å². The number of amides is 1. The van der Waals surface area contributed by atoms with Gasteiger partial charge in [-0.05, 0) is 11.6 Å². The molecule has 1 aromatic heterocycles. The highest BCUT2D eigenvalue weighted by atomic mass is 79.9. The highest BCUT2D eigenvalue weighted by molar-refractivity contribution is 9.10. The van der Waals surface area contributed by atoms with Crippen molar-refractivity contribution in [1.82, 2.24) is 20.5 Å². The van der Waals surface area contributed by atoms with Gasteiger partial charge in [-0.25, -0.2) is 0 Å². The second-order valence-corrected chi connectivity index (χ2v) is 4.17. The molecule has 0 saturated heterocycles. The van der Waals surface area contributed by atoms with Gasteiger partial charge in [0.2, 0.25) is 11.8 Å². The molecule has 0 bridgehead atoms. The molecule has 6 nitrogen and oxygen atoms in total. The van der Waals surface area contributed by atoms with E-state index in [1.807, 2.05) is 24.3 Å². The molecule has 2 rings (SSSR count). The zero-order valence-corrected chi connectivity index (χ0v) is 10.4. The summed E-state index contributed by atoms with van der Waals surface area (Å²) in [6, 6.07) is 7.64. The summed E-state index contributed by atoms with van der Waals surface area (Å²) in [5.74, 6) is -0.185. The molecule has 0 aliphatic heterocycles. The number of nitrogens with two attached hydrogens (primary N) is 1. The lowest BCUT2D eigenvalue weighted by Gasteiger charge is -2.04. The Hall–Kier alpha value is -1.89. The quantitative estimate of drug-likeness (QED) is 0.789. The average Bonchev–Trinajstić information content (AvgIpc) is 2.74. The fourth-order valence-corrected chi connectivity index (χ4v) is 1.70. The molecular weight excluding hydrogens is 286 g/mol. The van der Waals surface area contributed by atoms with Gasteiger partial charge in [0.25, 0.3) is 5.91 Å². The standard InChI is InChI=1S/C10H10BrN5O/c11-7-4-2-1-3-6(7)5-13-9(17)8-14-10(12)16-15-8/h1-4H,5H2,(H,13,17)(H3,12,14,15,16). The first-order valence-electron chi connectivity index (χ1n) is 4.86. The molecule has 0 saturated carbocycles. The number of H-pyrrole nitrogens is 1. The van der Waals surface area contributed by atoms with E-state index in [-0.39, 0.29) is 17.7 Å². The van der Waals surface area contributed by atoms with E-state index in [9.17, 15) is 4.79 Å². The van der Waals surface area contributed by atoms with Gasteiger partial charge in [0.15, 0.2) is 0 Å². The van der Waals surface area contributed by atoms with Gasteiger partial charge in [-0.1, -0.05) is 34.1 Å². The van der Waals surface area contributed by atoms with E-state index < -0.39 is 0 Å². The fraction of sp³-hybridized carbons (Fsp3) is 0.100. The van der Waals surface area contributed by atoms with Gasteiger partial charge in [-0.2, -0.15) is 4.98 Å². The van der Waals surface area contributed by atoms with Gasteiger partial charge in [-0.3, -0.25) is 9.89 Å². The summed E-state index contributed by atoms with van der Waals surface area (Å²) in [7, 11) is 0. The minimum absolute atomic E-state index is 0.0519. The Kier molecular flexibility index (Phi) is 3.38. The highest BCUT2D eigenvalue weighted by Crippen LogP contribution is 2.15. The Labute approximate surface area is 106 Å². The van der Waals surface area contributed by atoms with Crippen molar-refractivity contribution in [2.45, 2.75) is 6.54 Å². The minimum Gasteiger partial charge on any atom is -0.366 e. The molecule has 0 unspecified atom stereocenters. The molecule has 4 N–H and O–H groups in total. The maximum Gasteiger partial charge on any atom is 0.288 e. The lowest BCUT2D eigenvalue weighted by atomic mass is 10.2. The van der Waals surface area contributed by atoms with Crippen LogP contribution in [0.1, 0.15) is 16.2 Å². The van der Waals surface area contributed by atoms with E-state index in [2.05, 4.69) is 36.4 Å². The Bertz CT molecular complexity index is 539. The summed E-state index contributed by atoms with van der Waals surface area (Å²) in [6.07, 6.45) is 0. The number of aromatic nitrogens is 3. The predicted octanol–water partition coefficient (Wildman–Crippen LogP) is 1.08. The van der Waals surface area contributed by atoms with E-state index >= 15 is 0 Å². The molecule has 17 heavy (non-hydrogen) atoms. The molecule has 88 valence electrons. The Balaban J connectivity index is 1.99. The van der Waals surface area contributed by atoms with Crippen molar-refractivity contribution in [3.63, 3.8) is 0 Å². The summed E-state index contributed by atoms with van der Waals surface area (Å²) in [6.45, 7) is 0.404. The summed E-state index contributed by atoms with van der Waals surface area (Å²) in [4.78, 5) is 15.4. The van der Waals surface area contributed by atoms with Crippen LogP contribution in [-0.4, -0.2) is 21.1 Å². The molecule has 7 heteroatoms. The van der Waals surface area contributed by atoms with E-state index in [4.69, 9.17) is 5.73 Å². The van der Waals surface area contributed by atoms with Crippen molar-refractivity contribution in [2.75, 3.05) is 5.73 Å². The van der Waals surface area contributed by atoms with Crippen LogP contribution < -0.4 is 11.1 Å². The monoisotopic (exact) mass is 295 g/mol. The SMILES string of the molecule is Nc1n[nH]c(C(=O)NCc2ccccc2Br)n1. The van der Waals surface area contributed by atoms with Gasteiger partial charge in [0, 0.05) is 11.0 Å². The Morgan fingerprint density at radius 1 is 1.47 bits per heavy atom. The average molecular weight is 296 g/mol. The third kappa shape index (κ3) is 2.82. The number of hydrogen-bond acceptors (Lipinski definition) is 4. The summed E-state index contributed by atoms with van der Waals surface area (Å²) < 4.78 is 0.942. The van der Waals surface area contributed by atoms with Crippen LogP contribution in [0.15, 0.2) is 28.7 Å². The van der Waals surface area contributed by atoms with Crippen molar-refractivity contribution in [1.29, 1.82) is 0 Å². The number of halogens is 1. The van der Waals surface area contributed by atoms with Crippen LogP contribution in [0, 0.1) is 0 Å². The van der Waals surface area contributed by atoms with Crippen LogP contribution in [0.2, 0.25) is 0 Å². The molecule has 1 aromatic carbocycles. The number of nitrogen functional groups attached to an aromatic ring is 1. The summed E-state index contributed by atoms with van der Waals surface area (Å²) >= 11 is 3.40. The van der Waals surface area contributed by atoms with Crippen molar-refractivity contribution in [3.05, 3.63) is 40.1 Å². The first-order chi connectivity index (χ1) is 8.16. The van der Waals surface area contributed by atoms with Crippen molar-refractivity contribution in [3.8, 4) is 0 Å². The largest absolute Gasteiger partial charge is 0.366 e. The van der Waals surface area contributed by atoms with E-state index in [1.54, 1.807) is 0 Å². The zero-order valence-electron chi connectivity index (χ0n) is 8.77. The van der Waals surface area contributed by atoms with E-state index in [1.165, 1.54) is 0 Å². The first-order valence-corrected chi connectivity index (χ1v) is 5.65. The maximum atomic E-state index is 11.6. The van der Waals surface area contributed by atoms with Crippen molar-refractivity contribution >= 4 is 27.8 Å². The molecule has 0 radical (unpaired) electrons. The molecule has 1 amide bonds. The molecule has 0 fully saturated rings. The van der Waals surface area contributed by atoms with Gasteiger partial charge < -0.3 is 11.1 Å². The molecule has 0 aliphatic rings. The lowest BCUT2D eigenvalue weighted by molar-refractivity contribution is 0.0941. The van der Waals surface area contributed by atoms with Gasteiger partial charge >= 0.3 is 0 Å². The number of hydrogen-bond donors (Lipinski definition) is 3. The van der Waals surface area contributed by atoms with Crippen LogP contribution in [0.3, 0.4) is 0 Å². The smallest absolute Gasteiger partial charge is 0.288 e. The van der Waals surface area contributed by atoms with Crippen LogP contribution in [0.4, 0.5) is 5.95 Å². The third-order valence-corrected chi connectivity index (χ3v) is 2.89. The normalized spacial score (nSPS) is 10.2. The highest BCUT2D eigenvalue weighted by Gasteiger charge is 2.10.